The second-order valence-corrected chi connectivity index (χ2v) is 8.70. The smallest absolute Gasteiger partial charge is 0.407 e. The Morgan fingerprint density at radius 1 is 1.32 bits per heavy atom. The van der Waals surface area contributed by atoms with Gasteiger partial charge in [-0.3, -0.25) is 0 Å². The van der Waals surface area contributed by atoms with Gasteiger partial charge in [-0.05, 0) is 86.5 Å². The van der Waals surface area contributed by atoms with E-state index in [1.165, 1.54) is 0 Å². The number of rotatable bonds is 4. The lowest BCUT2D eigenvalue weighted by Gasteiger charge is -2.32. The number of benzene rings is 1. The van der Waals surface area contributed by atoms with Gasteiger partial charge in [0, 0.05) is 25.3 Å². The molecule has 0 atom stereocenters. The van der Waals surface area contributed by atoms with Crippen LogP contribution in [0.3, 0.4) is 0 Å². The van der Waals surface area contributed by atoms with Crippen LogP contribution in [-0.2, 0) is 4.74 Å². The van der Waals surface area contributed by atoms with Gasteiger partial charge >= 0.3 is 6.09 Å². The number of amides is 1. The lowest BCUT2D eigenvalue weighted by atomic mass is 9.85. The van der Waals surface area contributed by atoms with Gasteiger partial charge in [0.25, 0.3) is 0 Å². The molecular formula is C19H28BrFN2O2. The van der Waals surface area contributed by atoms with Crippen LogP contribution in [0.25, 0.3) is 0 Å². The highest BCUT2D eigenvalue weighted by atomic mass is 79.9. The van der Waals surface area contributed by atoms with Crippen molar-refractivity contribution in [3.05, 3.63) is 28.5 Å². The Hall–Kier alpha value is -1.30. The summed E-state index contributed by atoms with van der Waals surface area (Å²) >= 11 is 3.18. The van der Waals surface area contributed by atoms with Gasteiger partial charge in [0.15, 0.2) is 0 Å². The third kappa shape index (κ3) is 6.49. The van der Waals surface area contributed by atoms with Crippen molar-refractivity contribution >= 4 is 27.7 Å². The number of alkyl carbamates (subject to hydrolysis) is 1. The summed E-state index contributed by atoms with van der Waals surface area (Å²) in [6, 6.07) is 5.40. The molecule has 0 aliphatic heterocycles. The number of carbonyl (C=O) groups is 1. The highest BCUT2D eigenvalue weighted by Crippen LogP contribution is 2.28. The minimum Gasteiger partial charge on any atom is -0.444 e. The molecule has 0 bridgehead atoms. The van der Waals surface area contributed by atoms with Crippen molar-refractivity contribution in [3.63, 3.8) is 0 Å². The van der Waals surface area contributed by atoms with Crippen molar-refractivity contribution in [3.8, 4) is 0 Å². The Morgan fingerprint density at radius 3 is 2.52 bits per heavy atom. The summed E-state index contributed by atoms with van der Waals surface area (Å²) in [5.41, 5.74) is 0.416. The van der Waals surface area contributed by atoms with E-state index in [9.17, 15) is 9.18 Å². The first-order chi connectivity index (χ1) is 11.6. The first kappa shape index (κ1) is 20.0. The first-order valence-electron chi connectivity index (χ1n) is 8.80. The fraction of sp³-hybridized carbons (Fsp3) is 0.632. The highest BCUT2D eigenvalue weighted by Gasteiger charge is 2.25. The van der Waals surface area contributed by atoms with Crippen molar-refractivity contribution in [2.45, 2.75) is 58.1 Å². The third-order valence-electron chi connectivity index (χ3n) is 4.44. The van der Waals surface area contributed by atoms with E-state index in [-0.39, 0.29) is 18.0 Å². The summed E-state index contributed by atoms with van der Waals surface area (Å²) < 4.78 is 19.5. The molecule has 2 rings (SSSR count). The molecule has 1 aliphatic carbocycles. The monoisotopic (exact) mass is 414 g/mol. The number of nitrogens with one attached hydrogen (secondary N) is 1. The van der Waals surface area contributed by atoms with Crippen LogP contribution < -0.4 is 10.2 Å². The molecule has 1 aromatic carbocycles. The molecule has 140 valence electrons. The summed E-state index contributed by atoms with van der Waals surface area (Å²) in [4.78, 5) is 13.9. The summed E-state index contributed by atoms with van der Waals surface area (Å²) in [5.74, 6) is 0.308. The topological polar surface area (TPSA) is 41.6 Å². The molecule has 0 heterocycles. The Bertz CT molecular complexity index is 596. The van der Waals surface area contributed by atoms with Crippen LogP contribution in [0.15, 0.2) is 22.7 Å². The average molecular weight is 415 g/mol. The fourth-order valence-electron chi connectivity index (χ4n) is 3.18. The third-order valence-corrected chi connectivity index (χ3v) is 5.09. The Balaban J connectivity index is 1.78. The molecule has 4 nitrogen and oxygen atoms in total. The molecule has 1 N–H and O–H groups in total. The molecule has 1 saturated carbocycles. The number of nitrogens with zero attached hydrogens (tertiary/aromatic N) is 1. The van der Waals surface area contributed by atoms with E-state index in [0.29, 0.717) is 10.4 Å². The quantitative estimate of drug-likeness (QED) is 0.743. The predicted molar refractivity (Wildman–Crippen MR) is 102 cm³/mol. The number of anilines is 1. The number of ether oxygens (including phenoxy) is 1. The predicted octanol–water partition coefficient (Wildman–Crippen LogP) is 5.11. The number of hydrogen-bond donors (Lipinski definition) is 1. The van der Waals surface area contributed by atoms with Crippen molar-refractivity contribution in [2.75, 3.05) is 18.5 Å². The Kier molecular flexibility index (Phi) is 6.72. The molecule has 6 heteroatoms. The van der Waals surface area contributed by atoms with Gasteiger partial charge in [0.1, 0.15) is 11.4 Å². The molecule has 0 aromatic heterocycles. The molecular weight excluding hydrogens is 387 g/mol. The van der Waals surface area contributed by atoms with Gasteiger partial charge in [0.2, 0.25) is 0 Å². The first-order valence-corrected chi connectivity index (χ1v) is 9.59. The SMILES string of the molecule is CN(C[C@H]1CC[C@@H](NC(=O)OC(C)(C)C)CC1)c1ccc(Br)c(F)c1. The largest absolute Gasteiger partial charge is 0.444 e. The molecule has 0 unspecified atom stereocenters. The second-order valence-electron chi connectivity index (χ2n) is 7.84. The van der Waals surface area contributed by atoms with E-state index >= 15 is 0 Å². The minimum absolute atomic E-state index is 0.182. The zero-order valence-corrected chi connectivity index (χ0v) is 17.0. The lowest BCUT2D eigenvalue weighted by molar-refractivity contribution is 0.0488. The molecule has 0 spiro atoms. The van der Waals surface area contributed by atoms with Crippen LogP contribution >= 0.6 is 15.9 Å². The van der Waals surface area contributed by atoms with Gasteiger partial charge < -0.3 is 15.0 Å². The lowest BCUT2D eigenvalue weighted by Crippen LogP contribution is -2.41. The maximum absolute atomic E-state index is 13.7. The van der Waals surface area contributed by atoms with E-state index in [1.807, 2.05) is 33.9 Å². The fourth-order valence-corrected chi connectivity index (χ4v) is 3.43. The summed E-state index contributed by atoms with van der Waals surface area (Å²) in [7, 11) is 1.99. The average Bonchev–Trinajstić information content (AvgIpc) is 2.50. The summed E-state index contributed by atoms with van der Waals surface area (Å²) in [5, 5.41) is 2.97. The van der Waals surface area contributed by atoms with Crippen molar-refractivity contribution in [2.24, 2.45) is 5.92 Å². The van der Waals surface area contributed by atoms with Crippen molar-refractivity contribution < 1.29 is 13.9 Å². The van der Waals surface area contributed by atoms with Crippen LogP contribution in [0.1, 0.15) is 46.5 Å². The minimum atomic E-state index is -0.468. The van der Waals surface area contributed by atoms with Crippen LogP contribution in [0, 0.1) is 11.7 Å². The molecule has 1 amide bonds. The summed E-state index contributed by atoms with van der Waals surface area (Å²) in [6.45, 7) is 6.49. The van der Waals surface area contributed by atoms with E-state index in [4.69, 9.17) is 4.74 Å². The Labute approximate surface area is 158 Å². The number of halogens is 2. The van der Waals surface area contributed by atoms with Crippen LogP contribution in [0.4, 0.5) is 14.9 Å². The van der Waals surface area contributed by atoms with Crippen molar-refractivity contribution in [1.82, 2.24) is 5.32 Å². The molecule has 1 fully saturated rings. The van der Waals surface area contributed by atoms with E-state index < -0.39 is 5.60 Å². The molecule has 0 radical (unpaired) electrons. The standard InChI is InChI=1S/C19H28BrFN2O2/c1-19(2,3)25-18(24)22-14-7-5-13(6-8-14)12-23(4)15-9-10-16(20)17(21)11-15/h9-11,13-14H,5-8,12H2,1-4H3,(H,22,24)/t13-,14+. The number of hydrogen-bond acceptors (Lipinski definition) is 3. The summed E-state index contributed by atoms with van der Waals surface area (Å²) in [6.07, 6.45) is 3.66. The maximum atomic E-state index is 13.7. The Morgan fingerprint density at radius 2 is 1.96 bits per heavy atom. The zero-order chi connectivity index (χ0) is 18.6. The van der Waals surface area contributed by atoms with Gasteiger partial charge in [-0.25, -0.2) is 9.18 Å². The zero-order valence-electron chi connectivity index (χ0n) is 15.4. The van der Waals surface area contributed by atoms with Crippen LogP contribution in [0.5, 0.6) is 0 Å². The normalized spacial score (nSPS) is 20.9. The van der Waals surface area contributed by atoms with E-state index in [0.717, 1.165) is 37.9 Å². The van der Waals surface area contributed by atoms with Gasteiger partial charge in [-0.15, -0.1) is 0 Å². The van der Waals surface area contributed by atoms with Crippen LogP contribution in [0.2, 0.25) is 0 Å². The van der Waals surface area contributed by atoms with E-state index in [1.54, 1.807) is 12.1 Å². The maximum Gasteiger partial charge on any atom is 0.407 e. The molecule has 0 saturated heterocycles. The van der Waals surface area contributed by atoms with Crippen molar-refractivity contribution in [1.29, 1.82) is 0 Å². The number of carbonyl (C=O) groups excluding carboxylic acids is 1. The van der Waals surface area contributed by atoms with E-state index in [2.05, 4.69) is 26.1 Å². The van der Waals surface area contributed by atoms with Gasteiger partial charge in [0.05, 0.1) is 4.47 Å². The van der Waals surface area contributed by atoms with Crippen LogP contribution in [-0.4, -0.2) is 31.3 Å². The molecule has 1 aromatic rings. The second kappa shape index (κ2) is 8.39. The molecule has 25 heavy (non-hydrogen) atoms. The highest BCUT2D eigenvalue weighted by molar-refractivity contribution is 9.10. The van der Waals surface area contributed by atoms with Gasteiger partial charge in [-0.1, -0.05) is 0 Å². The molecule has 1 aliphatic rings. The van der Waals surface area contributed by atoms with Gasteiger partial charge in [-0.2, -0.15) is 0 Å².